The second-order valence-corrected chi connectivity index (χ2v) is 6.16. The minimum Gasteiger partial charge on any atom is -0.497 e. The summed E-state index contributed by atoms with van der Waals surface area (Å²) in [4.78, 5) is 27.4. The van der Waals surface area contributed by atoms with Gasteiger partial charge in [-0.25, -0.2) is 0 Å². The van der Waals surface area contributed by atoms with Gasteiger partial charge in [0.25, 0.3) is 5.91 Å². The van der Waals surface area contributed by atoms with Crippen LogP contribution in [0.5, 0.6) is 5.75 Å². The van der Waals surface area contributed by atoms with Crippen LogP contribution < -0.4 is 10.1 Å². The number of hydrogen-bond donors (Lipinski definition) is 1. The first-order valence-electron chi connectivity index (χ1n) is 8.51. The Morgan fingerprint density at radius 3 is 2.35 bits per heavy atom. The van der Waals surface area contributed by atoms with Gasteiger partial charge in [0.1, 0.15) is 17.4 Å². The number of methoxy groups -OCH3 is 1. The largest absolute Gasteiger partial charge is 0.497 e. The van der Waals surface area contributed by atoms with Gasteiger partial charge < -0.3 is 19.9 Å². The van der Waals surface area contributed by atoms with Crippen molar-refractivity contribution in [3.63, 3.8) is 0 Å². The molecule has 7 heteroatoms. The Bertz CT molecular complexity index is 713. The number of nitriles is 1. The van der Waals surface area contributed by atoms with Crippen LogP contribution in [0.2, 0.25) is 0 Å². The topological polar surface area (TPSA) is 85.7 Å². The van der Waals surface area contributed by atoms with E-state index in [1.807, 2.05) is 42.2 Å². The monoisotopic (exact) mass is 356 g/mol. The highest BCUT2D eigenvalue weighted by Crippen LogP contribution is 2.17. The first-order valence-corrected chi connectivity index (χ1v) is 8.51. The summed E-state index contributed by atoms with van der Waals surface area (Å²) in [6.45, 7) is 5.79. The lowest BCUT2D eigenvalue weighted by Gasteiger charge is -2.33. The van der Waals surface area contributed by atoms with E-state index in [9.17, 15) is 14.9 Å². The molecule has 2 amide bonds. The van der Waals surface area contributed by atoms with E-state index in [0.717, 1.165) is 11.3 Å². The van der Waals surface area contributed by atoms with E-state index in [1.165, 1.54) is 0 Å². The summed E-state index contributed by atoms with van der Waals surface area (Å²) in [5.74, 6) is 0.375. The van der Waals surface area contributed by atoms with Crippen LogP contribution in [-0.4, -0.2) is 54.9 Å². The highest BCUT2D eigenvalue weighted by molar-refractivity contribution is 5.97. The van der Waals surface area contributed by atoms with Crippen molar-refractivity contribution < 1.29 is 14.3 Å². The summed E-state index contributed by atoms with van der Waals surface area (Å²) >= 11 is 0. The first-order chi connectivity index (χ1) is 12.4. The number of nitrogens with one attached hydrogen (secondary N) is 1. The van der Waals surface area contributed by atoms with E-state index in [0.29, 0.717) is 26.2 Å². The smallest absolute Gasteiger partial charge is 0.263 e. The fourth-order valence-corrected chi connectivity index (χ4v) is 2.74. The van der Waals surface area contributed by atoms with Crippen LogP contribution in [0, 0.1) is 11.3 Å². The van der Waals surface area contributed by atoms with E-state index < -0.39 is 5.91 Å². The van der Waals surface area contributed by atoms with Crippen LogP contribution in [-0.2, 0) is 9.59 Å². The van der Waals surface area contributed by atoms with Crippen LogP contribution in [0.3, 0.4) is 0 Å². The predicted octanol–water partition coefficient (Wildman–Crippen LogP) is 1.44. The number of piperazine rings is 1. The Labute approximate surface area is 153 Å². The average Bonchev–Trinajstić information content (AvgIpc) is 2.66. The van der Waals surface area contributed by atoms with E-state index >= 15 is 0 Å². The SMILES string of the molecule is COc1ccc(C(C)NC(=O)/C(C#N)=C\N2CCN(C(C)=O)CC2)cc1. The van der Waals surface area contributed by atoms with Crippen molar-refractivity contribution in [1.82, 2.24) is 15.1 Å². The van der Waals surface area contributed by atoms with Crippen molar-refractivity contribution in [2.45, 2.75) is 19.9 Å². The third-order valence-electron chi connectivity index (χ3n) is 4.40. The van der Waals surface area contributed by atoms with Gasteiger partial charge in [0.15, 0.2) is 0 Å². The van der Waals surface area contributed by atoms with Gasteiger partial charge in [0.05, 0.1) is 13.2 Å². The quantitative estimate of drug-likeness (QED) is 0.637. The van der Waals surface area contributed by atoms with Crippen molar-refractivity contribution in [3.8, 4) is 11.8 Å². The van der Waals surface area contributed by atoms with Gasteiger partial charge in [-0.15, -0.1) is 0 Å². The van der Waals surface area contributed by atoms with Crippen LogP contribution in [0.25, 0.3) is 0 Å². The van der Waals surface area contributed by atoms with Crippen molar-refractivity contribution in [2.24, 2.45) is 0 Å². The fraction of sp³-hybridized carbons (Fsp3) is 0.421. The summed E-state index contributed by atoms with van der Waals surface area (Å²) in [6.07, 6.45) is 1.58. The van der Waals surface area contributed by atoms with E-state index in [4.69, 9.17) is 4.74 Å². The molecule has 1 fully saturated rings. The summed E-state index contributed by atoms with van der Waals surface area (Å²) in [5.41, 5.74) is 0.980. The Morgan fingerprint density at radius 1 is 1.23 bits per heavy atom. The molecular weight excluding hydrogens is 332 g/mol. The second kappa shape index (κ2) is 8.90. The molecule has 1 unspecified atom stereocenters. The number of carbonyl (C=O) groups excluding carboxylic acids is 2. The second-order valence-electron chi connectivity index (χ2n) is 6.16. The lowest BCUT2D eigenvalue weighted by atomic mass is 10.1. The number of hydrogen-bond acceptors (Lipinski definition) is 5. The molecule has 1 aliphatic rings. The summed E-state index contributed by atoms with van der Waals surface area (Å²) < 4.78 is 5.12. The minimum absolute atomic E-state index is 0.0418. The zero-order chi connectivity index (χ0) is 19.1. The van der Waals surface area contributed by atoms with Crippen molar-refractivity contribution in [3.05, 3.63) is 41.6 Å². The van der Waals surface area contributed by atoms with Crippen LogP contribution in [0.4, 0.5) is 0 Å². The predicted molar refractivity (Wildman–Crippen MR) is 97.1 cm³/mol. The highest BCUT2D eigenvalue weighted by Gasteiger charge is 2.19. The van der Waals surface area contributed by atoms with Gasteiger partial charge in [-0.1, -0.05) is 12.1 Å². The molecule has 1 heterocycles. The van der Waals surface area contributed by atoms with Crippen molar-refractivity contribution >= 4 is 11.8 Å². The Morgan fingerprint density at radius 2 is 1.85 bits per heavy atom. The van der Waals surface area contributed by atoms with Crippen LogP contribution >= 0.6 is 0 Å². The number of benzene rings is 1. The molecule has 0 bridgehead atoms. The Kier molecular flexibility index (Phi) is 6.61. The maximum Gasteiger partial charge on any atom is 0.263 e. The summed E-state index contributed by atoms with van der Waals surface area (Å²) in [5, 5.41) is 12.2. The molecule has 0 aromatic heterocycles. The standard InChI is InChI=1S/C19H24N4O3/c1-14(16-4-6-18(26-3)7-5-16)21-19(25)17(12-20)13-22-8-10-23(11-9-22)15(2)24/h4-7,13-14H,8-11H2,1-3H3,(H,21,25)/b17-13-. The Balaban J connectivity index is 1.97. The molecule has 1 aromatic carbocycles. The number of amides is 2. The van der Waals surface area contributed by atoms with E-state index in [-0.39, 0.29) is 17.5 Å². The van der Waals surface area contributed by atoms with Crippen LogP contribution in [0.1, 0.15) is 25.5 Å². The number of rotatable bonds is 5. The average molecular weight is 356 g/mol. The normalized spacial score (nSPS) is 15.8. The minimum atomic E-state index is -0.412. The molecule has 2 rings (SSSR count). The number of nitrogens with zero attached hydrogens (tertiary/aromatic N) is 3. The molecule has 7 nitrogen and oxygen atoms in total. The van der Waals surface area contributed by atoms with Crippen molar-refractivity contribution in [2.75, 3.05) is 33.3 Å². The maximum atomic E-state index is 12.4. The maximum absolute atomic E-state index is 12.4. The number of ether oxygens (including phenoxy) is 1. The van der Waals surface area contributed by atoms with Crippen LogP contribution in [0.15, 0.2) is 36.0 Å². The van der Waals surface area contributed by atoms with Gasteiger partial charge in [-0.2, -0.15) is 5.26 Å². The van der Waals surface area contributed by atoms with E-state index in [1.54, 1.807) is 25.1 Å². The fourth-order valence-electron chi connectivity index (χ4n) is 2.74. The molecule has 138 valence electrons. The summed E-state index contributed by atoms with van der Waals surface area (Å²) in [7, 11) is 1.60. The molecule has 1 atom stereocenters. The van der Waals surface area contributed by atoms with Crippen molar-refractivity contribution in [1.29, 1.82) is 5.26 Å². The molecule has 26 heavy (non-hydrogen) atoms. The zero-order valence-corrected chi connectivity index (χ0v) is 15.4. The molecule has 1 N–H and O–H groups in total. The molecule has 1 aromatic rings. The molecule has 1 saturated heterocycles. The van der Waals surface area contributed by atoms with Gasteiger partial charge in [0.2, 0.25) is 5.91 Å². The van der Waals surface area contributed by atoms with E-state index in [2.05, 4.69) is 5.32 Å². The molecule has 0 spiro atoms. The number of carbonyl (C=O) groups is 2. The first kappa shape index (κ1) is 19.3. The van der Waals surface area contributed by atoms with Gasteiger partial charge >= 0.3 is 0 Å². The van der Waals surface area contributed by atoms with Gasteiger partial charge in [-0.3, -0.25) is 9.59 Å². The highest BCUT2D eigenvalue weighted by atomic mass is 16.5. The molecule has 1 aliphatic heterocycles. The Hall–Kier alpha value is -3.01. The summed E-state index contributed by atoms with van der Waals surface area (Å²) in [6, 6.07) is 9.13. The lowest BCUT2D eigenvalue weighted by molar-refractivity contribution is -0.130. The molecule has 0 aliphatic carbocycles. The van der Waals surface area contributed by atoms with Gasteiger partial charge in [0, 0.05) is 39.3 Å². The molecule has 0 radical (unpaired) electrons. The molecular formula is C19H24N4O3. The van der Waals surface area contributed by atoms with Gasteiger partial charge in [-0.05, 0) is 24.6 Å². The third-order valence-corrected chi connectivity index (χ3v) is 4.40. The zero-order valence-electron chi connectivity index (χ0n) is 15.4. The third kappa shape index (κ3) is 4.99. The lowest BCUT2D eigenvalue weighted by Crippen LogP contribution is -2.46. The molecule has 0 saturated carbocycles.